The van der Waals surface area contributed by atoms with Gasteiger partial charge in [0.05, 0.1) is 30.1 Å². The number of aliphatic hydroxyl groups excluding tert-OH is 1. The first kappa shape index (κ1) is 27.6. The largest absolute Gasteiger partial charge is 0.394 e. The number of amides is 3. The van der Waals surface area contributed by atoms with Crippen LogP contribution in [0.25, 0.3) is 0 Å². The molecule has 6 atom stereocenters. The summed E-state index contributed by atoms with van der Waals surface area (Å²) in [7, 11) is 0. The molecule has 8 heteroatoms. The number of hydrogen-bond donors (Lipinski definition) is 1. The fraction of sp³-hybridized carbons (Fsp3) is 0.581. The Morgan fingerprint density at radius 1 is 0.974 bits per heavy atom. The van der Waals surface area contributed by atoms with E-state index >= 15 is 0 Å². The molecule has 5 rings (SSSR count). The molecule has 0 aliphatic carbocycles. The van der Waals surface area contributed by atoms with Crippen LogP contribution >= 0.6 is 0 Å². The molecule has 2 fully saturated rings. The zero-order valence-electron chi connectivity index (χ0n) is 23.5. The Bertz CT molecular complexity index is 1170. The molecule has 8 nitrogen and oxygen atoms in total. The van der Waals surface area contributed by atoms with Crippen LogP contribution in [0.5, 0.6) is 0 Å². The number of likely N-dealkylation sites (tertiary alicyclic amines) is 1. The van der Waals surface area contributed by atoms with Gasteiger partial charge in [-0.05, 0) is 31.2 Å². The predicted octanol–water partition coefficient (Wildman–Crippen LogP) is 2.77. The van der Waals surface area contributed by atoms with Gasteiger partial charge in [0.25, 0.3) is 0 Å². The van der Waals surface area contributed by atoms with Gasteiger partial charge >= 0.3 is 0 Å². The Morgan fingerprint density at radius 2 is 1.67 bits per heavy atom. The topological polar surface area (TPSA) is 90.4 Å². The van der Waals surface area contributed by atoms with E-state index in [1.807, 2.05) is 82.3 Å². The van der Waals surface area contributed by atoms with Crippen molar-refractivity contribution in [3.8, 4) is 0 Å². The van der Waals surface area contributed by atoms with E-state index in [-0.39, 0.29) is 30.2 Å². The van der Waals surface area contributed by atoms with Crippen molar-refractivity contribution in [3.63, 3.8) is 0 Å². The van der Waals surface area contributed by atoms with Crippen molar-refractivity contribution in [2.45, 2.75) is 70.4 Å². The Balaban J connectivity index is 1.62. The summed E-state index contributed by atoms with van der Waals surface area (Å²) in [6.07, 6.45) is 8.98. The number of ether oxygens (including phenoxy) is 1. The number of nitrogens with zero attached hydrogens (tertiary/aromatic N) is 3. The van der Waals surface area contributed by atoms with Crippen LogP contribution in [0.1, 0.15) is 46.1 Å². The summed E-state index contributed by atoms with van der Waals surface area (Å²) in [5, 5.41) is 10.5. The van der Waals surface area contributed by atoms with Crippen LogP contribution in [0.4, 0.5) is 0 Å². The highest BCUT2D eigenvalue weighted by Crippen LogP contribution is 2.58. The van der Waals surface area contributed by atoms with E-state index in [9.17, 15) is 19.5 Å². The summed E-state index contributed by atoms with van der Waals surface area (Å²) in [6, 6.07) is 8.24. The molecule has 2 saturated heterocycles. The van der Waals surface area contributed by atoms with Gasteiger partial charge in [-0.1, -0.05) is 75.4 Å². The molecule has 210 valence electrons. The monoisotopic (exact) mass is 535 g/mol. The lowest BCUT2D eigenvalue weighted by Gasteiger charge is -2.40. The average molecular weight is 536 g/mol. The minimum absolute atomic E-state index is 0.115. The first-order chi connectivity index (χ1) is 18.7. The lowest BCUT2D eigenvalue weighted by molar-refractivity contribution is -0.156. The van der Waals surface area contributed by atoms with Crippen molar-refractivity contribution < 1.29 is 24.2 Å². The molecular weight excluding hydrogens is 494 g/mol. The van der Waals surface area contributed by atoms with Crippen LogP contribution in [0.2, 0.25) is 0 Å². The maximum absolute atomic E-state index is 14.5. The number of hydrogen-bond acceptors (Lipinski definition) is 5. The predicted molar refractivity (Wildman–Crippen MR) is 147 cm³/mol. The summed E-state index contributed by atoms with van der Waals surface area (Å²) in [5.74, 6) is -2.05. The molecule has 1 spiro atoms. The highest BCUT2D eigenvalue weighted by molar-refractivity contribution is 6.00. The number of aliphatic hydroxyl groups is 1. The zero-order valence-corrected chi connectivity index (χ0v) is 23.5. The van der Waals surface area contributed by atoms with E-state index in [0.29, 0.717) is 32.6 Å². The number of carbonyl (C=O) groups is 3. The van der Waals surface area contributed by atoms with Crippen molar-refractivity contribution in [2.75, 3.05) is 26.2 Å². The third-order valence-electron chi connectivity index (χ3n) is 8.72. The molecular formula is C31H41N3O5. The van der Waals surface area contributed by atoms with Gasteiger partial charge in [0.1, 0.15) is 11.6 Å². The number of benzene rings is 1. The molecule has 4 heterocycles. The fourth-order valence-corrected chi connectivity index (χ4v) is 7.19. The van der Waals surface area contributed by atoms with E-state index in [0.717, 1.165) is 12.0 Å². The highest BCUT2D eigenvalue weighted by Gasteiger charge is 2.75. The standard InChI is InChI=1S/C31H41N3O5/c1-5-15-32-16-9-13-30(4)24(27(32)36)25-28(37)34(23(20-35)18-21(2)3)26-29(38)33(17-10-14-31(25,26)39-30)19-22-11-7-6-8-12-22/h6-14,21,23-26,35H,5,15-20H2,1-4H3/t23-,24+,25+,26?,30-,31+/m1/s1. The molecule has 3 amide bonds. The maximum Gasteiger partial charge on any atom is 0.249 e. The zero-order chi connectivity index (χ0) is 27.9. The van der Waals surface area contributed by atoms with Gasteiger partial charge in [0.2, 0.25) is 17.7 Å². The Labute approximate surface area is 231 Å². The van der Waals surface area contributed by atoms with Gasteiger partial charge < -0.3 is 24.5 Å². The molecule has 1 aromatic carbocycles. The Hall–Kier alpha value is -2.97. The Morgan fingerprint density at radius 3 is 2.33 bits per heavy atom. The van der Waals surface area contributed by atoms with Crippen LogP contribution in [-0.4, -0.2) is 87.1 Å². The van der Waals surface area contributed by atoms with E-state index in [2.05, 4.69) is 0 Å². The van der Waals surface area contributed by atoms with Gasteiger partial charge in [-0.3, -0.25) is 14.4 Å². The first-order valence-electron chi connectivity index (χ1n) is 14.3. The summed E-state index contributed by atoms with van der Waals surface area (Å²) >= 11 is 0. The molecule has 0 radical (unpaired) electrons. The number of fused-ring (bicyclic) bond motifs is 2. The van der Waals surface area contributed by atoms with E-state index < -0.39 is 35.1 Å². The third kappa shape index (κ3) is 4.51. The van der Waals surface area contributed by atoms with Crippen LogP contribution in [0, 0.1) is 17.8 Å². The van der Waals surface area contributed by atoms with Gasteiger partial charge in [0.15, 0.2) is 0 Å². The van der Waals surface area contributed by atoms with Crippen molar-refractivity contribution in [1.82, 2.24) is 14.7 Å². The number of carbonyl (C=O) groups excluding carboxylic acids is 3. The molecule has 4 aliphatic heterocycles. The summed E-state index contributed by atoms with van der Waals surface area (Å²) in [6.45, 7) is 9.50. The highest BCUT2D eigenvalue weighted by atomic mass is 16.5. The third-order valence-corrected chi connectivity index (χ3v) is 8.72. The van der Waals surface area contributed by atoms with Crippen LogP contribution in [-0.2, 0) is 25.7 Å². The maximum atomic E-state index is 14.5. The van der Waals surface area contributed by atoms with Crippen LogP contribution in [0.3, 0.4) is 0 Å². The average Bonchev–Trinajstić information content (AvgIpc) is 3.19. The number of rotatable bonds is 8. The molecule has 4 aliphatic rings. The quantitative estimate of drug-likeness (QED) is 0.517. The normalized spacial score (nSPS) is 32.8. The molecule has 39 heavy (non-hydrogen) atoms. The summed E-state index contributed by atoms with van der Waals surface area (Å²) in [4.78, 5) is 48.1. The minimum atomic E-state index is -1.31. The second-order valence-corrected chi connectivity index (χ2v) is 12.0. The van der Waals surface area contributed by atoms with Crippen molar-refractivity contribution in [1.29, 1.82) is 0 Å². The first-order valence-corrected chi connectivity index (χ1v) is 14.3. The Kier molecular flexibility index (Phi) is 7.46. The van der Waals surface area contributed by atoms with Crippen LogP contribution < -0.4 is 0 Å². The molecule has 0 saturated carbocycles. The van der Waals surface area contributed by atoms with E-state index in [4.69, 9.17) is 4.74 Å². The van der Waals surface area contributed by atoms with Crippen molar-refractivity contribution in [2.24, 2.45) is 17.8 Å². The SMILES string of the molecule is CCCN1CC=C[C@@]2(C)O[C@]34C=CCN(Cc5ccccc5)C(=O)C3N([C@@H](CO)CC(C)C)C(=O)[C@@H]4[C@H]2C1=O. The second kappa shape index (κ2) is 10.5. The smallest absolute Gasteiger partial charge is 0.249 e. The lowest BCUT2D eigenvalue weighted by atomic mass is 9.74. The van der Waals surface area contributed by atoms with Gasteiger partial charge in [-0.15, -0.1) is 0 Å². The second-order valence-electron chi connectivity index (χ2n) is 12.0. The van der Waals surface area contributed by atoms with Gasteiger partial charge in [0, 0.05) is 26.2 Å². The molecule has 0 bridgehead atoms. The summed E-state index contributed by atoms with van der Waals surface area (Å²) < 4.78 is 6.88. The van der Waals surface area contributed by atoms with Crippen LogP contribution in [0.15, 0.2) is 54.6 Å². The van der Waals surface area contributed by atoms with Gasteiger partial charge in [-0.2, -0.15) is 0 Å². The van der Waals surface area contributed by atoms with Crippen molar-refractivity contribution in [3.05, 3.63) is 60.2 Å². The summed E-state index contributed by atoms with van der Waals surface area (Å²) in [5.41, 5.74) is -1.35. The molecule has 1 aromatic rings. The van der Waals surface area contributed by atoms with Crippen molar-refractivity contribution >= 4 is 17.7 Å². The van der Waals surface area contributed by atoms with E-state index in [1.54, 1.807) is 14.7 Å². The molecule has 1 unspecified atom stereocenters. The lowest BCUT2D eigenvalue weighted by Crippen LogP contribution is -2.58. The van der Waals surface area contributed by atoms with Gasteiger partial charge in [-0.25, -0.2) is 0 Å². The molecule has 0 aromatic heterocycles. The minimum Gasteiger partial charge on any atom is -0.394 e. The van der Waals surface area contributed by atoms with E-state index in [1.165, 1.54) is 0 Å². The molecule has 1 N–H and O–H groups in total. The fourth-order valence-electron chi connectivity index (χ4n) is 7.19.